The van der Waals surface area contributed by atoms with Gasteiger partial charge in [-0.05, 0) is 6.07 Å². The van der Waals surface area contributed by atoms with Crippen molar-refractivity contribution in [2.24, 2.45) is 0 Å². The number of carboxylic acid groups (broad SMARTS) is 1. The molecule has 0 spiro atoms. The van der Waals surface area contributed by atoms with E-state index >= 15 is 0 Å². The third-order valence-electron chi connectivity index (χ3n) is 2.83. The fourth-order valence-corrected chi connectivity index (χ4v) is 3.00. The third-order valence-corrected chi connectivity index (χ3v) is 3.92. The summed E-state index contributed by atoms with van der Waals surface area (Å²) in [5.41, 5.74) is -1.02. The number of rotatable bonds is 3. The normalized spacial score (nSPS) is 19.9. The van der Waals surface area contributed by atoms with Crippen LogP contribution >= 0.6 is 11.8 Å². The Kier molecular flexibility index (Phi) is 4.36. The Hall–Kier alpha value is -1.51. The fourth-order valence-electron chi connectivity index (χ4n) is 1.93. The van der Waals surface area contributed by atoms with Crippen LogP contribution in [0.15, 0.2) is 12.3 Å². The zero-order chi connectivity index (χ0) is 14.8. The topological polar surface area (TPSA) is 66.3 Å². The van der Waals surface area contributed by atoms with E-state index in [0.29, 0.717) is 18.1 Å². The summed E-state index contributed by atoms with van der Waals surface area (Å²) in [6.07, 6.45) is -3.64. The second-order valence-electron chi connectivity index (χ2n) is 4.26. The molecule has 110 valence electrons. The van der Waals surface area contributed by atoms with Crippen molar-refractivity contribution in [3.8, 4) is 0 Å². The molecule has 0 radical (unpaired) electrons. The summed E-state index contributed by atoms with van der Waals surface area (Å²) in [5.74, 6) is 0.183. The van der Waals surface area contributed by atoms with Gasteiger partial charge in [-0.1, -0.05) is 0 Å². The van der Waals surface area contributed by atoms with E-state index in [1.807, 2.05) is 0 Å². The van der Waals surface area contributed by atoms with Gasteiger partial charge in [0, 0.05) is 24.2 Å². The van der Waals surface area contributed by atoms with Crippen LogP contribution in [0.5, 0.6) is 0 Å². The molecule has 1 aliphatic rings. The first-order chi connectivity index (χ1) is 9.38. The Morgan fingerprint density at radius 2 is 2.30 bits per heavy atom. The van der Waals surface area contributed by atoms with Crippen LogP contribution in [-0.4, -0.2) is 45.1 Å². The standard InChI is InChI=1S/C11H12F3N3O2S/c12-11(13,14)8-1-2-15-10(16-8)17-3-4-20-6-7(17)5-9(18)19/h1-2,7H,3-6H2,(H,18,19). The molecule has 2 rings (SSSR count). The maximum absolute atomic E-state index is 12.6. The predicted octanol–water partition coefficient (Wildman–Crippen LogP) is 1.89. The number of nitrogens with zero attached hydrogens (tertiary/aromatic N) is 3. The van der Waals surface area contributed by atoms with E-state index < -0.39 is 23.9 Å². The molecule has 1 atom stereocenters. The zero-order valence-electron chi connectivity index (χ0n) is 10.3. The number of hydrogen-bond acceptors (Lipinski definition) is 5. The number of alkyl halides is 3. The number of hydrogen-bond donors (Lipinski definition) is 1. The smallest absolute Gasteiger partial charge is 0.433 e. The SMILES string of the molecule is O=C(O)CC1CSCCN1c1nccc(C(F)(F)F)n1. The van der Waals surface area contributed by atoms with Crippen LogP contribution in [-0.2, 0) is 11.0 Å². The van der Waals surface area contributed by atoms with Crippen LogP contribution in [0.1, 0.15) is 12.1 Å². The summed E-state index contributed by atoms with van der Waals surface area (Å²) in [6, 6.07) is 0.406. The van der Waals surface area contributed by atoms with Gasteiger partial charge in [-0.25, -0.2) is 9.97 Å². The molecule has 0 saturated carbocycles. The molecule has 1 aliphatic heterocycles. The van der Waals surface area contributed by atoms with Crippen molar-refractivity contribution in [3.63, 3.8) is 0 Å². The molecule has 20 heavy (non-hydrogen) atoms. The Balaban J connectivity index is 2.26. The average Bonchev–Trinajstić information content (AvgIpc) is 2.38. The second-order valence-corrected chi connectivity index (χ2v) is 5.41. The third kappa shape index (κ3) is 3.53. The molecular formula is C11H12F3N3O2S. The highest BCUT2D eigenvalue weighted by molar-refractivity contribution is 7.99. The molecule has 1 saturated heterocycles. The van der Waals surface area contributed by atoms with E-state index in [2.05, 4.69) is 9.97 Å². The number of halogens is 3. The summed E-state index contributed by atoms with van der Waals surface area (Å²) in [7, 11) is 0. The number of carboxylic acids is 1. The molecule has 1 N–H and O–H groups in total. The molecular weight excluding hydrogens is 295 g/mol. The van der Waals surface area contributed by atoms with E-state index in [1.54, 1.807) is 16.7 Å². The minimum absolute atomic E-state index is 0.0635. The first-order valence-electron chi connectivity index (χ1n) is 5.84. The molecule has 5 nitrogen and oxygen atoms in total. The summed E-state index contributed by atoms with van der Waals surface area (Å²) < 4.78 is 37.9. The van der Waals surface area contributed by atoms with E-state index in [4.69, 9.17) is 5.11 Å². The number of thioether (sulfide) groups is 1. The number of aromatic nitrogens is 2. The van der Waals surface area contributed by atoms with Crippen LogP contribution in [0.25, 0.3) is 0 Å². The van der Waals surface area contributed by atoms with Gasteiger partial charge in [0.1, 0.15) is 5.69 Å². The lowest BCUT2D eigenvalue weighted by molar-refractivity contribution is -0.141. The molecule has 0 amide bonds. The number of anilines is 1. The van der Waals surface area contributed by atoms with Gasteiger partial charge in [-0.15, -0.1) is 0 Å². The minimum atomic E-state index is -4.54. The lowest BCUT2D eigenvalue weighted by atomic mass is 10.2. The van der Waals surface area contributed by atoms with Gasteiger partial charge in [0.25, 0.3) is 0 Å². The van der Waals surface area contributed by atoms with Gasteiger partial charge in [-0.3, -0.25) is 4.79 Å². The first-order valence-corrected chi connectivity index (χ1v) is 7.00. The first kappa shape index (κ1) is 14.9. The summed E-state index contributed by atoms with van der Waals surface area (Å²) >= 11 is 1.57. The largest absolute Gasteiger partial charge is 0.481 e. The lowest BCUT2D eigenvalue weighted by Crippen LogP contribution is -2.44. The van der Waals surface area contributed by atoms with E-state index in [0.717, 1.165) is 12.3 Å². The van der Waals surface area contributed by atoms with Crippen molar-refractivity contribution in [2.75, 3.05) is 23.0 Å². The highest BCUT2D eigenvalue weighted by Gasteiger charge is 2.34. The molecule has 0 aliphatic carbocycles. The van der Waals surface area contributed by atoms with Crippen molar-refractivity contribution < 1.29 is 23.1 Å². The van der Waals surface area contributed by atoms with Crippen molar-refractivity contribution in [3.05, 3.63) is 18.0 Å². The van der Waals surface area contributed by atoms with Gasteiger partial charge in [0.2, 0.25) is 5.95 Å². The van der Waals surface area contributed by atoms with Crippen LogP contribution in [0.2, 0.25) is 0 Å². The van der Waals surface area contributed by atoms with Crippen LogP contribution in [0, 0.1) is 0 Å². The van der Waals surface area contributed by atoms with Crippen LogP contribution < -0.4 is 4.90 Å². The number of aliphatic carboxylic acids is 1. The van der Waals surface area contributed by atoms with Crippen molar-refractivity contribution >= 4 is 23.7 Å². The van der Waals surface area contributed by atoms with Gasteiger partial charge in [0.15, 0.2) is 0 Å². The molecule has 9 heteroatoms. The number of carbonyl (C=O) groups is 1. The Bertz CT molecular complexity index is 498. The van der Waals surface area contributed by atoms with E-state index in [9.17, 15) is 18.0 Å². The van der Waals surface area contributed by atoms with Crippen molar-refractivity contribution in [1.82, 2.24) is 9.97 Å². The second kappa shape index (κ2) is 5.86. The maximum Gasteiger partial charge on any atom is 0.433 e. The quantitative estimate of drug-likeness (QED) is 0.920. The lowest BCUT2D eigenvalue weighted by Gasteiger charge is -2.34. The monoisotopic (exact) mass is 307 g/mol. The molecule has 1 aromatic heterocycles. The highest BCUT2D eigenvalue weighted by Crippen LogP contribution is 2.29. The molecule has 1 fully saturated rings. The molecule has 1 unspecified atom stereocenters. The maximum atomic E-state index is 12.6. The zero-order valence-corrected chi connectivity index (χ0v) is 11.1. The van der Waals surface area contributed by atoms with Crippen molar-refractivity contribution in [2.45, 2.75) is 18.6 Å². The average molecular weight is 307 g/mol. The summed E-state index contributed by atoms with van der Waals surface area (Å²) in [4.78, 5) is 19.7. The van der Waals surface area contributed by atoms with Crippen LogP contribution in [0.4, 0.5) is 19.1 Å². The van der Waals surface area contributed by atoms with Crippen molar-refractivity contribution in [1.29, 1.82) is 0 Å². The summed E-state index contributed by atoms with van der Waals surface area (Å²) in [5, 5.41) is 8.86. The Morgan fingerprint density at radius 3 is 2.95 bits per heavy atom. The highest BCUT2D eigenvalue weighted by atomic mass is 32.2. The molecule has 0 bridgehead atoms. The van der Waals surface area contributed by atoms with Gasteiger partial charge >= 0.3 is 12.1 Å². The molecule has 0 aromatic carbocycles. The van der Waals surface area contributed by atoms with Gasteiger partial charge < -0.3 is 10.0 Å². The van der Waals surface area contributed by atoms with Crippen LogP contribution in [0.3, 0.4) is 0 Å². The van der Waals surface area contributed by atoms with Gasteiger partial charge in [-0.2, -0.15) is 24.9 Å². The Labute approximate surface area is 117 Å². The fraction of sp³-hybridized carbons (Fsp3) is 0.545. The van der Waals surface area contributed by atoms with Gasteiger partial charge in [0.05, 0.1) is 12.5 Å². The Morgan fingerprint density at radius 1 is 1.55 bits per heavy atom. The summed E-state index contributed by atoms with van der Waals surface area (Å²) in [6.45, 7) is 0.434. The predicted molar refractivity (Wildman–Crippen MR) is 67.7 cm³/mol. The molecule has 1 aromatic rings. The minimum Gasteiger partial charge on any atom is -0.481 e. The van der Waals surface area contributed by atoms with E-state index in [-0.39, 0.29) is 12.4 Å². The van der Waals surface area contributed by atoms with E-state index in [1.165, 1.54) is 0 Å². The molecule has 2 heterocycles.